The van der Waals surface area contributed by atoms with Crippen LogP contribution in [-0.2, 0) is 5.54 Å². The Hall–Kier alpha value is -3.47. The van der Waals surface area contributed by atoms with Gasteiger partial charge in [0.25, 0.3) is 0 Å². The highest BCUT2D eigenvalue weighted by Gasteiger charge is 2.28. The summed E-state index contributed by atoms with van der Waals surface area (Å²) in [6, 6.07) is 2.88. The summed E-state index contributed by atoms with van der Waals surface area (Å²) >= 11 is 0. The normalized spacial score (nSPS) is 17.2. The van der Waals surface area contributed by atoms with Crippen LogP contribution in [0.4, 0.5) is 16.0 Å². The van der Waals surface area contributed by atoms with E-state index in [1.807, 2.05) is 26.2 Å². The number of nitrogens with two attached hydrogens (primary N) is 1. The molecule has 4 heterocycles. The Balaban J connectivity index is 1.48. The van der Waals surface area contributed by atoms with Crippen molar-refractivity contribution in [1.29, 1.82) is 0 Å². The maximum Gasteiger partial charge on any atom is 0.223 e. The molecule has 3 aromatic heterocycles. The Kier molecular flexibility index (Phi) is 5.08. The van der Waals surface area contributed by atoms with E-state index in [0.717, 1.165) is 31.6 Å². The molecule has 3 N–H and O–H groups in total. The maximum atomic E-state index is 14.4. The van der Waals surface area contributed by atoms with E-state index < -0.39 is 11.4 Å². The van der Waals surface area contributed by atoms with Gasteiger partial charge in [0.1, 0.15) is 0 Å². The van der Waals surface area contributed by atoms with Gasteiger partial charge in [0.05, 0.1) is 36.7 Å². The minimum absolute atomic E-state index is 0.00219. The molecule has 0 bridgehead atoms. The predicted molar refractivity (Wildman–Crippen MR) is 122 cm³/mol. The number of hydrogen-bond donors (Lipinski definition) is 2. The minimum Gasteiger partial charge on any atom is -0.494 e. The highest BCUT2D eigenvalue weighted by Crippen LogP contribution is 2.32. The molecule has 4 aromatic rings. The van der Waals surface area contributed by atoms with E-state index in [4.69, 9.17) is 15.5 Å². The number of aromatic nitrogens is 6. The number of halogens is 1. The number of rotatable bonds is 5. The molecule has 0 saturated carbocycles. The zero-order chi connectivity index (χ0) is 23.3. The fourth-order valence-corrected chi connectivity index (χ4v) is 4.28. The number of piperidine rings is 1. The van der Waals surface area contributed by atoms with Gasteiger partial charge >= 0.3 is 0 Å². The van der Waals surface area contributed by atoms with Crippen LogP contribution in [0.25, 0.3) is 16.6 Å². The van der Waals surface area contributed by atoms with Crippen LogP contribution < -0.4 is 15.4 Å². The molecule has 1 unspecified atom stereocenters. The van der Waals surface area contributed by atoms with Gasteiger partial charge in [-0.25, -0.2) is 14.4 Å². The molecule has 1 atom stereocenters. The summed E-state index contributed by atoms with van der Waals surface area (Å²) < 4.78 is 22.7. The first-order valence-electron chi connectivity index (χ1n) is 10.9. The third-order valence-electron chi connectivity index (χ3n) is 6.31. The van der Waals surface area contributed by atoms with E-state index in [1.165, 1.54) is 23.8 Å². The molecule has 0 spiro atoms. The molecular formula is C22H27FN8O2. The molecule has 5 rings (SSSR count). The fourth-order valence-electron chi connectivity index (χ4n) is 4.28. The molecule has 0 amide bonds. The lowest BCUT2D eigenvalue weighted by Gasteiger charge is -2.32. The number of aliphatic hydroxyl groups is 1. The molecule has 1 aliphatic heterocycles. The van der Waals surface area contributed by atoms with Gasteiger partial charge in [-0.2, -0.15) is 9.61 Å². The van der Waals surface area contributed by atoms with Gasteiger partial charge < -0.3 is 20.5 Å². The second-order valence-corrected chi connectivity index (χ2v) is 9.08. The van der Waals surface area contributed by atoms with Crippen molar-refractivity contribution in [3.63, 3.8) is 0 Å². The SMILES string of the molecule is COc1cc2nc(N)n3nc(C4CCCN(c5cnn(C(C)(C)CO)c5)C4)nc3c2cc1F. The largest absolute Gasteiger partial charge is 0.494 e. The number of benzene rings is 1. The van der Waals surface area contributed by atoms with Gasteiger partial charge in [-0.05, 0) is 32.8 Å². The van der Waals surface area contributed by atoms with Gasteiger partial charge in [-0.15, -0.1) is 5.10 Å². The van der Waals surface area contributed by atoms with Crippen LogP contribution in [0.3, 0.4) is 0 Å². The third kappa shape index (κ3) is 3.62. The first-order chi connectivity index (χ1) is 15.8. The average Bonchev–Trinajstić information content (AvgIpc) is 3.48. The van der Waals surface area contributed by atoms with Crippen molar-refractivity contribution in [2.45, 2.75) is 38.1 Å². The van der Waals surface area contributed by atoms with Gasteiger partial charge in [0, 0.05) is 36.7 Å². The van der Waals surface area contributed by atoms with Gasteiger partial charge in [0.15, 0.2) is 23.0 Å². The molecule has 11 heteroatoms. The molecule has 10 nitrogen and oxygen atoms in total. The highest BCUT2D eigenvalue weighted by molar-refractivity contribution is 5.93. The Labute approximate surface area is 189 Å². The molecule has 174 valence electrons. The summed E-state index contributed by atoms with van der Waals surface area (Å²) in [5, 5.41) is 19.2. The van der Waals surface area contributed by atoms with Crippen molar-refractivity contribution in [1.82, 2.24) is 29.4 Å². The van der Waals surface area contributed by atoms with Crippen LogP contribution in [0.2, 0.25) is 0 Å². The van der Waals surface area contributed by atoms with E-state index in [2.05, 4.69) is 20.1 Å². The van der Waals surface area contributed by atoms with Crippen LogP contribution >= 0.6 is 0 Å². The monoisotopic (exact) mass is 454 g/mol. The molecule has 33 heavy (non-hydrogen) atoms. The van der Waals surface area contributed by atoms with E-state index in [9.17, 15) is 9.50 Å². The maximum absolute atomic E-state index is 14.4. The third-order valence-corrected chi connectivity index (χ3v) is 6.31. The lowest BCUT2D eigenvalue weighted by Crippen LogP contribution is -2.35. The fraction of sp³-hybridized carbons (Fsp3) is 0.455. The molecule has 1 aliphatic rings. The molecule has 1 saturated heterocycles. The number of anilines is 2. The predicted octanol–water partition coefficient (Wildman–Crippen LogP) is 2.32. The summed E-state index contributed by atoms with van der Waals surface area (Å²) in [6.45, 7) is 5.48. The number of methoxy groups -OCH3 is 1. The highest BCUT2D eigenvalue weighted by atomic mass is 19.1. The second-order valence-electron chi connectivity index (χ2n) is 9.08. The topological polar surface area (TPSA) is 120 Å². The number of nitrogen functional groups attached to an aromatic ring is 1. The van der Waals surface area contributed by atoms with E-state index in [0.29, 0.717) is 22.4 Å². The molecule has 1 aromatic carbocycles. The first kappa shape index (κ1) is 21.4. The zero-order valence-corrected chi connectivity index (χ0v) is 18.9. The van der Waals surface area contributed by atoms with Gasteiger partial charge in [0.2, 0.25) is 5.95 Å². The van der Waals surface area contributed by atoms with E-state index in [-0.39, 0.29) is 24.2 Å². The van der Waals surface area contributed by atoms with Crippen LogP contribution in [0.5, 0.6) is 5.75 Å². The Bertz CT molecular complexity index is 1330. The first-order valence-corrected chi connectivity index (χ1v) is 10.9. The average molecular weight is 455 g/mol. The number of aliphatic hydroxyl groups excluding tert-OH is 1. The number of nitrogens with zero attached hydrogens (tertiary/aromatic N) is 7. The second kappa shape index (κ2) is 7.84. The summed E-state index contributed by atoms with van der Waals surface area (Å²) in [4.78, 5) is 11.4. The number of hydrogen-bond acceptors (Lipinski definition) is 8. The minimum atomic E-state index is -0.491. The molecule has 1 fully saturated rings. The van der Waals surface area contributed by atoms with Crippen molar-refractivity contribution in [3.8, 4) is 5.75 Å². The van der Waals surface area contributed by atoms with E-state index >= 15 is 0 Å². The summed E-state index contributed by atoms with van der Waals surface area (Å²) in [6.07, 6.45) is 5.68. The lowest BCUT2D eigenvalue weighted by atomic mass is 9.97. The van der Waals surface area contributed by atoms with Crippen molar-refractivity contribution >= 4 is 28.2 Å². The molecule has 0 radical (unpaired) electrons. The standard InChI is InChI=1S/C22H27FN8O2/c1-22(2,12-32)30-11-14(9-25-30)29-6-4-5-13(10-29)19-27-20-15-7-16(23)18(33-3)8-17(15)26-21(24)31(20)28-19/h7-9,11,13,32H,4-6,10,12H2,1-3H3,(H2,24,26). The van der Waals surface area contributed by atoms with Crippen molar-refractivity contribution < 1.29 is 14.2 Å². The summed E-state index contributed by atoms with van der Waals surface area (Å²) in [7, 11) is 1.41. The Morgan fingerprint density at radius 2 is 2.12 bits per heavy atom. The number of fused-ring (bicyclic) bond motifs is 3. The van der Waals surface area contributed by atoms with Gasteiger partial charge in [-0.1, -0.05) is 0 Å². The summed E-state index contributed by atoms with van der Waals surface area (Å²) in [5.41, 5.74) is 7.64. The lowest BCUT2D eigenvalue weighted by molar-refractivity contribution is 0.152. The van der Waals surface area contributed by atoms with Crippen LogP contribution in [0.15, 0.2) is 24.5 Å². The van der Waals surface area contributed by atoms with Gasteiger partial charge in [-0.3, -0.25) is 4.68 Å². The van der Waals surface area contributed by atoms with Crippen LogP contribution in [-0.4, -0.2) is 61.3 Å². The van der Waals surface area contributed by atoms with Crippen molar-refractivity contribution in [2.24, 2.45) is 0 Å². The Morgan fingerprint density at radius 1 is 1.30 bits per heavy atom. The Morgan fingerprint density at radius 3 is 2.88 bits per heavy atom. The van der Waals surface area contributed by atoms with Crippen LogP contribution in [0.1, 0.15) is 38.4 Å². The smallest absolute Gasteiger partial charge is 0.223 e. The van der Waals surface area contributed by atoms with E-state index in [1.54, 1.807) is 4.68 Å². The van der Waals surface area contributed by atoms with Crippen molar-refractivity contribution in [2.75, 3.05) is 37.4 Å². The van der Waals surface area contributed by atoms with Crippen molar-refractivity contribution in [3.05, 3.63) is 36.2 Å². The van der Waals surface area contributed by atoms with Crippen LogP contribution in [0, 0.1) is 5.82 Å². The number of ether oxygens (including phenoxy) is 1. The zero-order valence-electron chi connectivity index (χ0n) is 18.9. The molecule has 0 aliphatic carbocycles. The quantitative estimate of drug-likeness (QED) is 0.472. The summed E-state index contributed by atoms with van der Waals surface area (Å²) in [5.74, 6) is 0.525. The molecular weight excluding hydrogens is 427 g/mol.